The predicted octanol–water partition coefficient (Wildman–Crippen LogP) is 6.18. The van der Waals surface area contributed by atoms with Crippen LogP contribution in [0.5, 0.6) is 5.75 Å². The number of benzene rings is 4. The highest BCUT2D eigenvalue weighted by Crippen LogP contribution is 2.40. The molecule has 0 saturated carbocycles. The van der Waals surface area contributed by atoms with Crippen molar-refractivity contribution in [3.8, 4) is 16.9 Å². The Labute approximate surface area is 257 Å². The van der Waals surface area contributed by atoms with Crippen molar-refractivity contribution in [3.05, 3.63) is 150 Å². The molecule has 1 unspecified atom stereocenters. The fourth-order valence-electron chi connectivity index (χ4n) is 5.00. The summed E-state index contributed by atoms with van der Waals surface area (Å²) in [5, 5.41) is 25.0. The monoisotopic (exact) mass is 589 g/mol. The highest BCUT2D eigenvalue weighted by atomic mass is 16.5. The zero-order valence-corrected chi connectivity index (χ0v) is 24.2. The van der Waals surface area contributed by atoms with Gasteiger partial charge in [-0.05, 0) is 46.5 Å². The van der Waals surface area contributed by atoms with Crippen molar-refractivity contribution in [1.82, 2.24) is 10.3 Å². The maximum Gasteiger partial charge on any atom is 0.404 e. The lowest BCUT2D eigenvalue weighted by molar-refractivity contribution is -0.0493. The Balaban J connectivity index is 1.22. The fourth-order valence-corrected chi connectivity index (χ4v) is 5.00. The third kappa shape index (κ3) is 7.60. The van der Waals surface area contributed by atoms with E-state index < -0.39 is 17.8 Å². The van der Waals surface area contributed by atoms with Gasteiger partial charge in [0, 0.05) is 24.8 Å². The number of aliphatic hydroxyl groups is 1. The second-order valence-corrected chi connectivity index (χ2v) is 10.2. The lowest BCUT2D eigenvalue weighted by Gasteiger charge is -2.36. The van der Waals surface area contributed by atoms with Crippen molar-refractivity contribution in [2.45, 2.75) is 11.7 Å². The molecule has 1 atom stereocenters. The molecular formula is C36H35N3O5. The van der Waals surface area contributed by atoms with Crippen LogP contribution in [0.3, 0.4) is 0 Å². The summed E-state index contributed by atoms with van der Waals surface area (Å²) in [6.45, 7) is 0.837. The molecule has 1 heterocycles. The standard InChI is InChI=1S/C36H35N3O5/c40-32(25-43-33-19-16-27(17-20-33)28-18-21-34(39-24-28)37-22-23-38-35(41)42)26-44-36(29-10-4-1-5-11-29,30-12-6-2-7-13-30)31-14-8-3-9-15-31/h1-21,24,32,38,40H,22-23,25-26H2,(H,37,39)(H,41,42). The Morgan fingerprint density at radius 3 is 1.75 bits per heavy atom. The number of carboxylic acid groups (broad SMARTS) is 1. The Morgan fingerprint density at radius 2 is 1.25 bits per heavy atom. The van der Waals surface area contributed by atoms with E-state index in [2.05, 4.69) is 15.6 Å². The van der Waals surface area contributed by atoms with Crippen LogP contribution in [0.2, 0.25) is 0 Å². The minimum Gasteiger partial charge on any atom is -0.491 e. The molecule has 4 N–H and O–H groups in total. The lowest BCUT2D eigenvalue weighted by Crippen LogP contribution is -2.37. The van der Waals surface area contributed by atoms with Crippen molar-refractivity contribution >= 4 is 11.9 Å². The van der Waals surface area contributed by atoms with Crippen molar-refractivity contribution in [3.63, 3.8) is 0 Å². The number of aromatic nitrogens is 1. The number of hydrogen-bond donors (Lipinski definition) is 4. The van der Waals surface area contributed by atoms with E-state index in [4.69, 9.17) is 14.6 Å². The summed E-state index contributed by atoms with van der Waals surface area (Å²) in [6.07, 6.45) is -0.177. The SMILES string of the molecule is O=C(O)NCCNc1ccc(-c2ccc(OCC(O)COC(c3ccccc3)(c3ccccc3)c3ccccc3)cc2)cn1. The molecule has 0 aliphatic rings. The fraction of sp³-hybridized carbons (Fsp3) is 0.167. The normalized spacial score (nSPS) is 11.8. The van der Waals surface area contributed by atoms with Crippen LogP contribution in [0.15, 0.2) is 134 Å². The highest BCUT2D eigenvalue weighted by molar-refractivity contribution is 5.65. The van der Waals surface area contributed by atoms with Crippen LogP contribution >= 0.6 is 0 Å². The molecule has 5 rings (SSSR count). The van der Waals surface area contributed by atoms with Gasteiger partial charge in [0.15, 0.2) is 0 Å². The molecule has 0 radical (unpaired) electrons. The van der Waals surface area contributed by atoms with E-state index in [1.165, 1.54) is 0 Å². The van der Waals surface area contributed by atoms with E-state index in [1.807, 2.05) is 127 Å². The van der Waals surface area contributed by atoms with Crippen molar-refractivity contribution in [2.75, 3.05) is 31.6 Å². The zero-order valence-electron chi connectivity index (χ0n) is 24.2. The van der Waals surface area contributed by atoms with Gasteiger partial charge in [-0.15, -0.1) is 0 Å². The van der Waals surface area contributed by atoms with Gasteiger partial charge in [-0.1, -0.05) is 103 Å². The molecule has 5 aromatic rings. The van der Waals surface area contributed by atoms with Gasteiger partial charge in [0.1, 0.15) is 29.9 Å². The van der Waals surface area contributed by atoms with E-state index >= 15 is 0 Å². The first-order valence-electron chi connectivity index (χ1n) is 14.4. The molecule has 0 aliphatic carbocycles. The molecule has 1 amide bonds. The number of nitrogens with zero attached hydrogens (tertiary/aromatic N) is 1. The molecule has 4 aromatic carbocycles. The minimum absolute atomic E-state index is 0.0508. The van der Waals surface area contributed by atoms with Crippen molar-refractivity contribution in [2.24, 2.45) is 0 Å². The molecule has 0 bridgehead atoms. The third-order valence-electron chi connectivity index (χ3n) is 7.13. The second-order valence-electron chi connectivity index (χ2n) is 10.2. The Morgan fingerprint density at radius 1 is 0.705 bits per heavy atom. The van der Waals surface area contributed by atoms with Gasteiger partial charge in [0.25, 0.3) is 0 Å². The van der Waals surface area contributed by atoms with E-state index in [1.54, 1.807) is 6.20 Å². The summed E-state index contributed by atoms with van der Waals surface area (Å²) in [4.78, 5) is 14.9. The molecule has 8 nitrogen and oxygen atoms in total. The number of hydrogen-bond acceptors (Lipinski definition) is 6. The summed E-state index contributed by atoms with van der Waals surface area (Å²) < 4.78 is 12.6. The molecule has 8 heteroatoms. The largest absolute Gasteiger partial charge is 0.491 e. The van der Waals surface area contributed by atoms with Crippen LogP contribution < -0.4 is 15.4 Å². The number of amides is 1. The number of nitrogens with one attached hydrogen (secondary N) is 2. The summed E-state index contributed by atoms with van der Waals surface area (Å²) in [7, 11) is 0. The van der Waals surface area contributed by atoms with Crippen LogP contribution in [0, 0.1) is 0 Å². The molecule has 0 fully saturated rings. The zero-order chi connectivity index (χ0) is 30.6. The van der Waals surface area contributed by atoms with Crippen molar-refractivity contribution < 1.29 is 24.5 Å². The summed E-state index contributed by atoms with van der Waals surface area (Å²) in [5.74, 6) is 1.29. The third-order valence-corrected chi connectivity index (χ3v) is 7.13. The second kappa shape index (κ2) is 14.8. The summed E-state index contributed by atoms with van der Waals surface area (Å²) in [6, 6.07) is 41.5. The number of anilines is 1. The smallest absolute Gasteiger partial charge is 0.404 e. The van der Waals surface area contributed by atoms with E-state index in [9.17, 15) is 9.90 Å². The van der Waals surface area contributed by atoms with Gasteiger partial charge in [0.2, 0.25) is 0 Å². The van der Waals surface area contributed by atoms with Crippen LogP contribution in [-0.4, -0.2) is 53.7 Å². The molecule has 1 aromatic heterocycles. The molecule has 0 saturated heterocycles. The maximum atomic E-state index is 11.0. The van der Waals surface area contributed by atoms with Crippen LogP contribution in [-0.2, 0) is 10.3 Å². The van der Waals surface area contributed by atoms with Gasteiger partial charge in [-0.25, -0.2) is 9.78 Å². The molecule has 0 spiro atoms. The molecule has 0 aliphatic heterocycles. The van der Waals surface area contributed by atoms with Crippen LogP contribution in [0.25, 0.3) is 11.1 Å². The van der Waals surface area contributed by atoms with Crippen LogP contribution in [0.1, 0.15) is 16.7 Å². The molecular weight excluding hydrogens is 554 g/mol. The molecule has 44 heavy (non-hydrogen) atoms. The number of carbonyl (C=O) groups is 1. The Hall–Kier alpha value is -5.18. The van der Waals surface area contributed by atoms with Gasteiger partial charge >= 0.3 is 6.09 Å². The van der Waals surface area contributed by atoms with E-state index in [0.29, 0.717) is 18.1 Å². The molecule has 224 valence electrons. The number of aliphatic hydroxyl groups excluding tert-OH is 1. The van der Waals surface area contributed by atoms with Gasteiger partial charge in [-0.3, -0.25) is 0 Å². The first-order chi connectivity index (χ1) is 21.5. The predicted molar refractivity (Wildman–Crippen MR) is 171 cm³/mol. The minimum atomic E-state index is -1.05. The first kappa shape index (κ1) is 30.3. The van der Waals surface area contributed by atoms with Crippen LogP contribution in [0.4, 0.5) is 10.6 Å². The average molecular weight is 590 g/mol. The number of pyridine rings is 1. The summed E-state index contributed by atoms with van der Waals surface area (Å²) in [5.41, 5.74) is 3.88. The number of rotatable bonds is 14. The Bertz CT molecular complexity index is 1490. The maximum absolute atomic E-state index is 11.0. The van der Waals surface area contributed by atoms with E-state index in [-0.39, 0.29) is 19.8 Å². The van der Waals surface area contributed by atoms with Gasteiger partial charge in [-0.2, -0.15) is 0 Å². The number of ether oxygens (including phenoxy) is 2. The van der Waals surface area contributed by atoms with Gasteiger partial charge < -0.3 is 30.3 Å². The Kier molecular flexibility index (Phi) is 10.2. The first-order valence-corrected chi connectivity index (χ1v) is 14.4. The lowest BCUT2D eigenvalue weighted by atomic mass is 9.80. The average Bonchev–Trinajstić information content (AvgIpc) is 3.08. The van der Waals surface area contributed by atoms with Crippen molar-refractivity contribution in [1.29, 1.82) is 0 Å². The van der Waals surface area contributed by atoms with Gasteiger partial charge in [0.05, 0.1) is 6.61 Å². The quantitative estimate of drug-likeness (QED) is 0.0904. The summed E-state index contributed by atoms with van der Waals surface area (Å²) >= 11 is 0. The van der Waals surface area contributed by atoms with E-state index in [0.717, 1.165) is 27.8 Å². The highest BCUT2D eigenvalue weighted by Gasteiger charge is 2.38. The topological polar surface area (TPSA) is 113 Å².